The molecule has 17 heavy (non-hydrogen) atoms. The van der Waals surface area contributed by atoms with Crippen molar-refractivity contribution in [3.63, 3.8) is 0 Å². The molecule has 0 N–H and O–H groups in total. The van der Waals surface area contributed by atoms with Crippen LogP contribution in [0.25, 0.3) is 0 Å². The van der Waals surface area contributed by atoms with Crippen molar-refractivity contribution in [1.82, 2.24) is 4.57 Å². The van der Waals surface area contributed by atoms with Gasteiger partial charge < -0.3 is 4.57 Å². The van der Waals surface area contributed by atoms with Gasteiger partial charge in [0.05, 0.1) is 0 Å². The maximum Gasteiger partial charge on any atom is 0.250 e. The highest BCUT2D eigenvalue weighted by Crippen LogP contribution is 2.21. The number of aryl methyl sites for hydroxylation is 1. The minimum absolute atomic E-state index is 0.161. The number of hydrogen-bond donors (Lipinski definition) is 1. The molecule has 94 valence electrons. The van der Waals surface area contributed by atoms with Gasteiger partial charge in [-0.05, 0) is 42.9 Å². The molecule has 0 spiro atoms. The van der Waals surface area contributed by atoms with Crippen LogP contribution in [0.2, 0.25) is 0 Å². The van der Waals surface area contributed by atoms with Crippen LogP contribution in [-0.4, -0.2) is 10.3 Å². The molecule has 3 heteroatoms. The van der Waals surface area contributed by atoms with Crippen molar-refractivity contribution >= 4 is 12.6 Å². The predicted molar refractivity (Wildman–Crippen MR) is 75.0 cm³/mol. The van der Waals surface area contributed by atoms with Gasteiger partial charge in [0.15, 0.2) is 0 Å². The van der Waals surface area contributed by atoms with Crippen LogP contribution in [0.3, 0.4) is 0 Å². The molecule has 0 saturated heterocycles. The van der Waals surface area contributed by atoms with Crippen LogP contribution in [0.15, 0.2) is 16.9 Å². The topological polar surface area (TPSA) is 22.0 Å². The van der Waals surface area contributed by atoms with Gasteiger partial charge in [0, 0.05) is 18.3 Å². The highest BCUT2D eigenvalue weighted by molar-refractivity contribution is 7.80. The smallest absolute Gasteiger partial charge is 0.250 e. The molecule has 2 rings (SSSR count). The first-order valence-corrected chi connectivity index (χ1v) is 7.22. The lowest BCUT2D eigenvalue weighted by Crippen LogP contribution is -2.27. The van der Waals surface area contributed by atoms with Crippen LogP contribution in [0.5, 0.6) is 0 Å². The molecule has 1 aromatic rings. The van der Waals surface area contributed by atoms with E-state index in [1.807, 2.05) is 10.6 Å². The third-order valence-electron chi connectivity index (χ3n) is 3.65. The summed E-state index contributed by atoms with van der Waals surface area (Å²) in [6, 6.07) is 3.74. The Kier molecular flexibility index (Phi) is 4.32. The van der Waals surface area contributed by atoms with Gasteiger partial charge in [-0.15, -0.1) is 0 Å². The number of hydrogen-bond acceptors (Lipinski definition) is 2. The summed E-state index contributed by atoms with van der Waals surface area (Å²) in [5.41, 5.74) is 2.81. The summed E-state index contributed by atoms with van der Waals surface area (Å²) in [5.74, 6) is 1.39. The SMILES string of the molecule is CCCC(CS)Cn1c2c(ccc1=O)CCC2. The third-order valence-corrected chi connectivity index (χ3v) is 4.16. The second kappa shape index (κ2) is 5.76. The predicted octanol–water partition coefficient (Wildman–Crippen LogP) is 2.68. The molecular formula is C14H21NOS. The average Bonchev–Trinajstić information content (AvgIpc) is 2.80. The molecule has 0 bridgehead atoms. The second-order valence-corrected chi connectivity index (χ2v) is 5.31. The molecule has 1 aliphatic carbocycles. The van der Waals surface area contributed by atoms with Gasteiger partial charge in [-0.2, -0.15) is 12.6 Å². The van der Waals surface area contributed by atoms with Crippen molar-refractivity contribution in [2.24, 2.45) is 5.92 Å². The molecular weight excluding hydrogens is 230 g/mol. The summed E-state index contributed by atoms with van der Waals surface area (Å²) in [6.07, 6.45) is 5.71. The van der Waals surface area contributed by atoms with E-state index in [2.05, 4.69) is 19.6 Å². The molecule has 0 aliphatic heterocycles. The Hall–Kier alpha value is -0.700. The molecule has 0 amide bonds. The van der Waals surface area contributed by atoms with E-state index < -0.39 is 0 Å². The van der Waals surface area contributed by atoms with E-state index in [0.717, 1.165) is 38.0 Å². The lowest BCUT2D eigenvalue weighted by atomic mass is 10.1. The zero-order chi connectivity index (χ0) is 12.3. The summed E-state index contributed by atoms with van der Waals surface area (Å²) in [7, 11) is 0. The Morgan fingerprint density at radius 3 is 2.94 bits per heavy atom. The molecule has 1 atom stereocenters. The summed E-state index contributed by atoms with van der Waals surface area (Å²) >= 11 is 4.40. The fraction of sp³-hybridized carbons (Fsp3) is 0.643. The molecule has 1 unspecified atom stereocenters. The van der Waals surface area contributed by atoms with E-state index >= 15 is 0 Å². The van der Waals surface area contributed by atoms with Gasteiger partial charge >= 0.3 is 0 Å². The molecule has 0 fully saturated rings. The maximum atomic E-state index is 12.0. The number of nitrogens with zero attached hydrogens (tertiary/aromatic N) is 1. The van der Waals surface area contributed by atoms with E-state index in [-0.39, 0.29) is 5.56 Å². The molecule has 1 aromatic heterocycles. The first-order valence-electron chi connectivity index (χ1n) is 6.58. The van der Waals surface area contributed by atoms with Crippen LogP contribution in [0.4, 0.5) is 0 Å². The van der Waals surface area contributed by atoms with Crippen molar-refractivity contribution in [1.29, 1.82) is 0 Å². The number of rotatable bonds is 5. The van der Waals surface area contributed by atoms with Crippen molar-refractivity contribution in [2.45, 2.75) is 45.6 Å². The average molecular weight is 251 g/mol. The molecule has 0 aromatic carbocycles. The Morgan fingerprint density at radius 2 is 2.24 bits per heavy atom. The zero-order valence-corrected chi connectivity index (χ0v) is 11.4. The van der Waals surface area contributed by atoms with Crippen LogP contribution in [0, 0.1) is 5.92 Å². The fourth-order valence-corrected chi connectivity index (χ4v) is 3.04. The van der Waals surface area contributed by atoms with E-state index in [1.54, 1.807) is 6.07 Å². The minimum atomic E-state index is 0.161. The third kappa shape index (κ3) is 2.76. The summed E-state index contributed by atoms with van der Waals surface area (Å²) in [6.45, 7) is 3.04. The van der Waals surface area contributed by atoms with Crippen LogP contribution in [-0.2, 0) is 19.4 Å². The molecule has 0 radical (unpaired) electrons. The molecule has 0 saturated carbocycles. The lowest BCUT2D eigenvalue weighted by molar-refractivity contribution is 0.438. The first kappa shape index (κ1) is 12.7. The first-order chi connectivity index (χ1) is 8.26. The number of thiol groups is 1. The highest BCUT2D eigenvalue weighted by Gasteiger charge is 2.17. The van der Waals surface area contributed by atoms with E-state index in [0.29, 0.717) is 5.92 Å². The maximum absolute atomic E-state index is 12.0. The quantitative estimate of drug-likeness (QED) is 0.799. The van der Waals surface area contributed by atoms with Gasteiger partial charge in [0.2, 0.25) is 0 Å². The Balaban J connectivity index is 2.26. The van der Waals surface area contributed by atoms with Crippen molar-refractivity contribution in [2.75, 3.05) is 5.75 Å². The van der Waals surface area contributed by atoms with Crippen LogP contribution >= 0.6 is 12.6 Å². The highest BCUT2D eigenvalue weighted by atomic mass is 32.1. The number of pyridine rings is 1. The summed E-state index contributed by atoms with van der Waals surface area (Å²) in [4.78, 5) is 12.0. The summed E-state index contributed by atoms with van der Waals surface area (Å²) in [5, 5.41) is 0. The molecule has 1 heterocycles. The molecule has 1 aliphatic rings. The second-order valence-electron chi connectivity index (χ2n) is 4.94. The zero-order valence-electron chi connectivity index (χ0n) is 10.5. The van der Waals surface area contributed by atoms with Crippen molar-refractivity contribution in [3.8, 4) is 0 Å². The van der Waals surface area contributed by atoms with E-state index in [4.69, 9.17) is 0 Å². The van der Waals surface area contributed by atoms with Crippen molar-refractivity contribution in [3.05, 3.63) is 33.7 Å². The van der Waals surface area contributed by atoms with Crippen LogP contribution < -0.4 is 5.56 Å². The van der Waals surface area contributed by atoms with E-state index in [1.165, 1.54) is 17.7 Å². The van der Waals surface area contributed by atoms with Gasteiger partial charge in [0.1, 0.15) is 0 Å². The Labute approximate surface area is 108 Å². The number of aromatic nitrogens is 1. The monoisotopic (exact) mass is 251 g/mol. The van der Waals surface area contributed by atoms with Gasteiger partial charge in [0.25, 0.3) is 5.56 Å². The Bertz CT molecular complexity index is 438. The van der Waals surface area contributed by atoms with E-state index in [9.17, 15) is 4.79 Å². The minimum Gasteiger partial charge on any atom is -0.312 e. The van der Waals surface area contributed by atoms with Gasteiger partial charge in [-0.25, -0.2) is 0 Å². The van der Waals surface area contributed by atoms with Crippen LogP contribution in [0.1, 0.15) is 37.4 Å². The normalized spacial score (nSPS) is 15.9. The Morgan fingerprint density at radius 1 is 1.41 bits per heavy atom. The lowest BCUT2D eigenvalue weighted by Gasteiger charge is -2.18. The standard InChI is InChI=1S/C14H21NOS/c1-2-4-11(10-17)9-15-13-6-3-5-12(13)7-8-14(15)16/h7-8,11,17H,2-6,9-10H2,1H3. The van der Waals surface area contributed by atoms with Gasteiger partial charge in [-0.1, -0.05) is 19.4 Å². The molecule has 2 nitrogen and oxygen atoms in total. The number of fused-ring (bicyclic) bond motifs is 1. The largest absolute Gasteiger partial charge is 0.312 e. The van der Waals surface area contributed by atoms with Gasteiger partial charge in [-0.3, -0.25) is 4.79 Å². The van der Waals surface area contributed by atoms with Crippen molar-refractivity contribution < 1.29 is 0 Å². The fourth-order valence-electron chi connectivity index (χ4n) is 2.74. The summed E-state index contributed by atoms with van der Waals surface area (Å²) < 4.78 is 2.00.